The third kappa shape index (κ3) is 6.82. The van der Waals surface area contributed by atoms with Crippen molar-refractivity contribution in [3.63, 3.8) is 0 Å². The molecule has 2 nitrogen and oxygen atoms in total. The summed E-state index contributed by atoms with van der Waals surface area (Å²) in [6.45, 7) is 9.47. The summed E-state index contributed by atoms with van der Waals surface area (Å²) < 4.78 is 7.80. The van der Waals surface area contributed by atoms with Gasteiger partial charge in [-0.1, -0.05) is 91.4 Å². The van der Waals surface area contributed by atoms with Crippen LogP contribution in [0.2, 0.25) is 0 Å². The molecule has 0 unspecified atom stereocenters. The smallest absolute Gasteiger partial charge is 0.124 e. The molecule has 4 aromatic carbocycles. The van der Waals surface area contributed by atoms with Crippen molar-refractivity contribution in [3.8, 4) is 16.9 Å². The van der Waals surface area contributed by atoms with Gasteiger partial charge in [-0.3, -0.25) is 4.90 Å². The van der Waals surface area contributed by atoms with Crippen molar-refractivity contribution >= 4 is 34.7 Å². The third-order valence-electron chi connectivity index (χ3n) is 8.01. The number of rotatable bonds is 8. The maximum atomic E-state index is 6.56. The van der Waals surface area contributed by atoms with Gasteiger partial charge in [0.15, 0.2) is 0 Å². The van der Waals surface area contributed by atoms with E-state index in [1.165, 1.54) is 67.3 Å². The van der Waals surface area contributed by atoms with Gasteiger partial charge in [0.1, 0.15) is 12.4 Å². The van der Waals surface area contributed by atoms with Gasteiger partial charge in [-0.25, -0.2) is 0 Å². The van der Waals surface area contributed by atoms with E-state index in [1.807, 2.05) is 0 Å². The van der Waals surface area contributed by atoms with Gasteiger partial charge in [-0.15, -0.1) is 0 Å². The second-order valence-corrected chi connectivity index (χ2v) is 11.9. The molecule has 0 spiro atoms. The lowest BCUT2D eigenvalue weighted by Gasteiger charge is -2.34. The van der Waals surface area contributed by atoms with Gasteiger partial charge >= 0.3 is 0 Å². The van der Waals surface area contributed by atoms with Crippen molar-refractivity contribution in [3.05, 3.63) is 122 Å². The third-order valence-corrected chi connectivity index (χ3v) is 9.06. The van der Waals surface area contributed by atoms with Crippen LogP contribution in [0.4, 0.5) is 0 Å². The van der Waals surface area contributed by atoms with E-state index in [9.17, 15) is 0 Å². The van der Waals surface area contributed by atoms with Crippen LogP contribution in [0, 0.1) is 17.4 Å². The lowest BCUT2D eigenvalue weighted by molar-refractivity contribution is 0.150. The molecule has 0 radical (unpaired) electrons. The SMILES string of the molecule is Cc1cc(CN2CCCC[C@H]2C)c(OCc2ccccc2I)cc1/C=C/c1cccc(-c2ccccc2)c1C. The lowest BCUT2D eigenvalue weighted by atomic mass is 9.95. The van der Waals surface area contributed by atoms with Crippen molar-refractivity contribution in [2.75, 3.05) is 6.54 Å². The van der Waals surface area contributed by atoms with Crippen LogP contribution in [0.3, 0.4) is 0 Å². The number of ether oxygens (including phenoxy) is 1. The molecular formula is C36H38INO. The van der Waals surface area contributed by atoms with Crippen molar-refractivity contribution in [2.45, 2.75) is 59.2 Å². The first-order chi connectivity index (χ1) is 19.0. The van der Waals surface area contributed by atoms with E-state index in [1.54, 1.807) is 0 Å². The van der Waals surface area contributed by atoms with Gasteiger partial charge in [0, 0.05) is 27.3 Å². The summed E-state index contributed by atoms with van der Waals surface area (Å²) in [7, 11) is 0. The van der Waals surface area contributed by atoms with Crippen LogP contribution in [0.1, 0.15) is 59.6 Å². The maximum absolute atomic E-state index is 6.56. The van der Waals surface area contributed by atoms with Gasteiger partial charge in [0.2, 0.25) is 0 Å². The number of likely N-dealkylation sites (tertiary alicyclic amines) is 1. The van der Waals surface area contributed by atoms with E-state index in [4.69, 9.17) is 4.74 Å². The quantitative estimate of drug-likeness (QED) is 0.143. The van der Waals surface area contributed by atoms with Gasteiger partial charge in [0.05, 0.1) is 0 Å². The zero-order valence-corrected chi connectivity index (χ0v) is 25.4. The second kappa shape index (κ2) is 13.0. The first-order valence-corrected chi connectivity index (χ1v) is 15.1. The van der Waals surface area contributed by atoms with Crippen LogP contribution in [0.25, 0.3) is 23.3 Å². The van der Waals surface area contributed by atoms with Crippen LogP contribution >= 0.6 is 22.6 Å². The standard InChI is InChI=1S/C36H38INO/c1-26-22-33(24-38-21-10-9-12-27(38)2)36(39-25-32-15-7-8-18-35(32)37)23-31(26)20-19-29-16-11-17-34(28(29)3)30-13-5-4-6-14-30/h4-8,11,13-20,22-23,27H,9-10,12,21,24-25H2,1-3H3/b20-19+/t27-/m1/s1. The van der Waals surface area contributed by atoms with Crippen molar-refractivity contribution in [1.82, 2.24) is 4.90 Å². The molecule has 1 heterocycles. The minimum absolute atomic E-state index is 0.576. The second-order valence-electron chi connectivity index (χ2n) is 10.7. The van der Waals surface area contributed by atoms with E-state index >= 15 is 0 Å². The molecule has 5 rings (SSSR count). The zero-order valence-electron chi connectivity index (χ0n) is 23.3. The fourth-order valence-electron chi connectivity index (χ4n) is 5.53. The number of piperidine rings is 1. The van der Waals surface area contributed by atoms with Crippen molar-refractivity contribution < 1.29 is 4.74 Å². The molecule has 0 aliphatic carbocycles. The molecule has 1 fully saturated rings. The molecule has 0 bridgehead atoms. The normalized spacial score (nSPS) is 16.1. The van der Waals surface area contributed by atoms with Crippen LogP contribution in [0.5, 0.6) is 5.75 Å². The summed E-state index contributed by atoms with van der Waals surface area (Å²) in [5.41, 5.74) is 10.1. The summed E-state index contributed by atoms with van der Waals surface area (Å²) in [6, 6.07) is 30.9. The largest absolute Gasteiger partial charge is 0.489 e. The maximum Gasteiger partial charge on any atom is 0.124 e. The van der Waals surface area contributed by atoms with Crippen LogP contribution in [-0.2, 0) is 13.2 Å². The molecule has 0 saturated carbocycles. The Balaban J connectivity index is 1.45. The molecule has 3 heteroatoms. The van der Waals surface area contributed by atoms with Crippen LogP contribution in [0.15, 0.2) is 84.9 Å². The van der Waals surface area contributed by atoms with Gasteiger partial charge in [-0.05, 0) is 108 Å². The Labute approximate surface area is 247 Å². The fourth-order valence-corrected chi connectivity index (χ4v) is 6.07. The molecule has 1 atom stereocenters. The Bertz CT molecular complexity index is 1440. The summed E-state index contributed by atoms with van der Waals surface area (Å²) >= 11 is 2.40. The van der Waals surface area contributed by atoms with E-state index in [-0.39, 0.29) is 0 Å². The highest BCUT2D eigenvalue weighted by Gasteiger charge is 2.20. The number of hydrogen-bond acceptors (Lipinski definition) is 2. The van der Waals surface area contributed by atoms with Gasteiger partial charge in [0.25, 0.3) is 0 Å². The van der Waals surface area contributed by atoms with E-state index in [2.05, 4.69) is 145 Å². The minimum atomic E-state index is 0.576. The summed E-state index contributed by atoms with van der Waals surface area (Å²) in [5, 5.41) is 0. The average Bonchev–Trinajstić information content (AvgIpc) is 2.95. The number of hydrogen-bond donors (Lipinski definition) is 0. The molecule has 0 N–H and O–H groups in total. The Kier molecular flexibility index (Phi) is 9.21. The van der Waals surface area contributed by atoms with E-state index in [0.717, 1.165) is 18.8 Å². The summed E-state index contributed by atoms with van der Waals surface area (Å²) in [6.07, 6.45) is 8.39. The Morgan fingerprint density at radius 2 is 1.62 bits per heavy atom. The lowest BCUT2D eigenvalue weighted by Crippen LogP contribution is -2.36. The highest BCUT2D eigenvalue weighted by molar-refractivity contribution is 14.1. The van der Waals surface area contributed by atoms with Gasteiger partial charge < -0.3 is 4.74 Å². The van der Waals surface area contributed by atoms with Crippen LogP contribution < -0.4 is 4.74 Å². The number of benzene rings is 4. The molecule has 39 heavy (non-hydrogen) atoms. The molecule has 0 amide bonds. The number of aryl methyl sites for hydroxylation is 1. The topological polar surface area (TPSA) is 12.5 Å². The monoisotopic (exact) mass is 627 g/mol. The number of nitrogens with zero attached hydrogens (tertiary/aromatic N) is 1. The first-order valence-electron chi connectivity index (χ1n) is 14.1. The predicted octanol–water partition coefficient (Wildman–Crippen LogP) is 9.70. The van der Waals surface area contributed by atoms with Crippen molar-refractivity contribution in [1.29, 1.82) is 0 Å². The van der Waals surface area contributed by atoms with Gasteiger partial charge in [-0.2, -0.15) is 0 Å². The molecule has 1 aliphatic heterocycles. The molecule has 1 aliphatic rings. The minimum Gasteiger partial charge on any atom is -0.489 e. The fraction of sp³-hybridized carbons (Fsp3) is 0.278. The van der Waals surface area contributed by atoms with Crippen molar-refractivity contribution in [2.24, 2.45) is 0 Å². The van der Waals surface area contributed by atoms with E-state index < -0.39 is 0 Å². The summed E-state index contributed by atoms with van der Waals surface area (Å²) in [4.78, 5) is 2.62. The number of halogens is 1. The Morgan fingerprint density at radius 1 is 0.846 bits per heavy atom. The van der Waals surface area contributed by atoms with Crippen LogP contribution in [-0.4, -0.2) is 17.5 Å². The zero-order chi connectivity index (χ0) is 27.2. The molecular weight excluding hydrogens is 589 g/mol. The summed E-state index contributed by atoms with van der Waals surface area (Å²) in [5.74, 6) is 0.993. The Hall–Kier alpha value is -2.89. The first kappa shape index (κ1) is 27.7. The highest BCUT2D eigenvalue weighted by atomic mass is 127. The van der Waals surface area contributed by atoms with E-state index in [0.29, 0.717) is 12.6 Å². The average molecular weight is 628 g/mol. The predicted molar refractivity (Wildman–Crippen MR) is 174 cm³/mol. The Morgan fingerprint density at radius 3 is 2.41 bits per heavy atom. The molecule has 200 valence electrons. The molecule has 1 saturated heterocycles. The molecule has 4 aromatic rings. The highest BCUT2D eigenvalue weighted by Crippen LogP contribution is 2.31. The molecule has 0 aromatic heterocycles.